The van der Waals surface area contributed by atoms with Crippen molar-refractivity contribution in [1.29, 1.82) is 0 Å². The number of aromatic nitrogens is 4. The van der Waals surface area contributed by atoms with Gasteiger partial charge in [-0.15, -0.1) is 11.8 Å². The molecule has 0 saturated carbocycles. The lowest BCUT2D eigenvalue weighted by molar-refractivity contribution is 0.596. The van der Waals surface area contributed by atoms with Crippen molar-refractivity contribution in [2.24, 2.45) is 12.2 Å². The third-order valence-corrected chi connectivity index (χ3v) is 6.63. The van der Waals surface area contributed by atoms with Crippen molar-refractivity contribution in [2.45, 2.75) is 70.4 Å². The summed E-state index contributed by atoms with van der Waals surface area (Å²) in [6.45, 7) is 4.55. The average molecular weight is 458 g/mol. The second-order valence-electron chi connectivity index (χ2n) is 7.32. The van der Waals surface area contributed by atoms with E-state index < -0.39 is 21.3 Å². The molecule has 30 heavy (non-hydrogen) atoms. The van der Waals surface area contributed by atoms with Gasteiger partial charge in [-0.05, 0) is 19.3 Å². The predicted molar refractivity (Wildman–Crippen MR) is 120 cm³/mol. The van der Waals surface area contributed by atoms with Crippen LogP contribution in [0.2, 0.25) is 0 Å². The molecule has 0 aliphatic heterocycles. The molecule has 0 unspecified atom stereocenters. The number of primary sulfonamides is 1. The van der Waals surface area contributed by atoms with E-state index >= 15 is 0 Å². The highest BCUT2D eigenvalue weighted by molar-refractivity contribution is 7.99. The molecular weight excluding hydrogens is 426 g/mol. The fraction of sp³-hybridized carbons (Fsp3) is 0.684. The molecule has 0 bridgehead atoms. The van der Waals surface area contributed by atoms with Crippen molar-refractivity contribution in [3.05, 3.63) is 26.7 Å². The van der Waals surface area contributed by atoms with Crippen LogP contribution in [0.15, 0.2) is 14.6 Å². The molecule has 2 aromatic heterocycles. The summed E-state index contributed by atoms with van der Waals surface area (Å²) in [5.74, 6) is 0.907. The Kier molecular flexibility index (Phi) is 9.05. The van der Waals surface area contributed by atoms with Crippen molar-refractivity contribution in [2.75, 3.05) is 11.5 Å². The zero-order valence-corrected chi connectivity index (χ0v) is 19.5. The first-order valence-electron chi connectivity index (χ1n) is 10.3. The van der Waals surface area contributed by atoms with Gasteiger partial charge >= 0.3 is 5.69 Å². The molecule has 2 aromatic rings. The summed E-state index contributed by atoms with van der Waals surface area (Å²) in [5.41, 5.74) is -0.469. The summed E-state index contributed by atoms with van der Waals surface area (Å²) in [6.07, 6.45) is 5.97. The van der Waals surface area contributed by atoms with E-state index in [4.69, 9.17) is 5.14 Å². The van der Waals surface area contributed by atoms with Gasteiger partial charge in [0, 0.05) is 25.8 Å². The molecule has 0 radical (unpaired) electrons. The summed E-state index contributed by atoms with van der Waals surface area (Å²) in [5, 5.41) is 5.87. The molecular formula is C19H31N5O4S2. The van der Waals surface area contributed by atoms with E-state index in [1.54, 1.807) is 0 Å². The van der Waals surface area contributed by atoms with Crippen molar-refractivity contribution < 1.29 is 8.42 Å². The van der Waals surface area contributed by atoms with Gasteiger partial charge in [-0.1, -0.05) is 33.1 Å². The van der Waals surface area contributed by atoms with E-state index in [0.29, 0.717) is 47.0 Å². The maximum absolute atomic E-state index is 12.9. The fourth-order valence-corrected chi connectivity index (χ4v) is 4.87. The number of nitrogens with zero attached hydrogens (tertiary/aromatic N) is 4. The van der Waals surface area contributed by atoms with Crippen LogP contribution in [0.25, 0.3) is 11.0 Å². The maximum Gasteiger partial charge on any atom is 0.332 e. The quantitative estimate of drug-likeness (QED) is 0.292. The normalized spacial score (nSPS) is 12.0. The maximum atomic E-state index is 12.9. The molecule has 2 rings (SSSR count). The Morgan fingerprint density at radius 1 is 1.03 bits per heavy atom. The van der Waals surface area contributed by atoms with E-state index in [1.807, 2.05) is 6.92 Å². The van der Waals surface area contributed by atoms with E-state index in [-0.39, 0.29) is 5.75 Å². The Morgan fingerprint density at radius 3 is 2.40 bits per heavy atom. The van der Waals surface area contributed by atoms with E-state index in [0.717, 1.165) is 36.7 Å². The first-order valence-corrected chi connectivity index (χ1v) is 13.0. The molecule has 0 aromatic carbocycles. The largest absolute Gasteiger partial charge is 0.332 e. The Hall–Kier alpha value is -1.72. The van der Waals surface area contributed by atoms with Gasteiger partial charge in [0.2, 0.25) is 10.0 Å². The average Bonchev–Trinajstić information content (AvgIpc) is 2.69. The topological polar surface area (TPSA) is 130 Å². The molecule has 0 saturated heterocycles. The van der Waals surface area contributed by atoms with Gasteiger partial charge in [-0.3, -0.25) is 13.9 Å². The minimum Gasteiger partial charge on any atom is -0.277 e. The molecule has 0 amide bonds. The van der Waals surface area contributed by atoms with Crippen LogP contribution in [-0.4, -0.2) is 39.0 Å². The Balaban J connectivity index is 2.51. The lowest BCUT2D eigenvalue weighted by Gasteiger charge is -2.14. The number of thioether (sulfide) groups is 1. The standard InChI is InChI=1S/C19H31N5O4S2/c1-4-6-7-8-10-14-21-16-15(17(22-14)29-12-9-13-30(20,27)28)18(25)23(3)19(26)24(16)11-5-2/h4-13H2,1-3H3,(H2,20,27,28). The van der Waals surface area contributed by atoms with Crippen LogP contribution in [0.1, 0.15) is 58.2 Å². The van der Waals surface area contributed by atoms with Crippen LogP contribution in [0.3, 0.4) is 0 Å². The molecule has 0 spiro atoms. The zero-order chi connectivity index (χ0) is 22.3. The second kappa shape index (κ2) is 11.1. The highest BCUT2D eigenvalue weighted by atomic mass is 32.2. The van der Waals surface area contributed by atoms with Crippen LogP contribution < -0.4 is 16.4 Å². The zero-order valence-electron chi connectivity index (χ0n) is 17.9. The van der Waals surface area contributed by atoms with Gasteiger partial charge in [0.15, 0.2) is 5.65 Å². The number of unbranched alkanes of at least 4 members (excludes halogenated alkanes) is 3. The molecule has 0 aliphatic carbocycles. The fourth-order valence-electron chi connectivity index (χ4n) is 3.16. The van der Waals surface area contributed by atoms with Gasteiger partial charge < -0.3 is 0 Å². The summed E-state index contributed by atoms with van der Waals surface area (Å²) >= 11 is 1.30. The first kappa shape index (κ1) is 24.5. The molecule has 0 fully saturated rings. The summed E-state index contributed by atoms with van der Waals surface area (Å²) in [4.78, 5) is 34.7. The highest BCUT2D eigenvalue weighted by Gasteiger charge is 2.18. The number of hydrogen-bond acceptors (Lipinski definition) is 7. The van der Waals surface area contributed by atoms with Crippen molar-refractivity contribution >= 4 is 32.8 Å². The molecule has 9 nitrogen and oxygen atoms in total. The molecule has 168 valence electrons. The van der Waals surface area contributed by atoms with Gasteiger partial charge in [-0.25, -0.2) is 28.3 Å². The Morgan fingerprint density at radius 2 is 1.77 bits per heavy atom. The number of rotatable bonds is 12. The molecule has 2 heterocycles. The predicted octanol–water partition coefficient (Wildman–Crippen LogP) is 1.79. The third kappa shape index (κ3) is 6.39. The summed E-state index contributed by atoms with van der Waals surface area (Å²) in [7, 11) is -2.09. The molecule has 0 atom stereocenters. The number of sulfonamides is 1. The van der Waals surface area contributed by atoms with Crippen LogP contribution in [0.4, 0.5) is 0 Å². The van der Waals surface area contributed by atoms with Crippen LogP contribution in [0, 0.1) is 0 Å². The van der Waals surface area contributed by atoms with Crippen molar-refractivity contribution in [1.82, 2.24) is 19.1 Å². The van der Waals surface area contributed by atoms with Crippen LogP contribution in [0.5, 0.6) is 0 Å². The van der Waals surface area contributed by atoms with E-state index in [2.05, 4.69) is 16.9 Å². The minimum atomic E-state index is -3.54. The van der Waals surface area contributed by atoms with E-state index in [1.165, 1.54) is 23.4 Å². The molecule has 11 heteroatoms. The van der Waals surface area contributed by atoms with Crippen molar-refractivity contribution in [3.63, 3.8) is 0 Å². The summed E-state index contributed by atoms with van der Waals surface area (Å²) in [6, 6.07) is 0. The minimum absolute atomic E-state index is 0.133. The number of hydrogen-bond donors (Lipinski definition) is 1. The van der Waals surface area contributed by atoms with Gasteiger partial charge in [0.25, 0.3) is 5.56 Å². The highest BCUT2D eigenvalue weighted by Crippen LogP contribution is 2.24. The SMILES string of the molecule is CCCCCCc1nc(SCCCS(N)(=O)=O)c2c(=O)n(C)c(=O)n(CCC)c2n1. The smallest absolute Gasteiger partial charge is 0.277 e. The van der Waals surface area contributed by atoms with Gasteiger partial charge in [-0.2, -0.15) is 0 Å². The van der Waals surface area contributed by atoms with Crippen molar-refractivity contribution in [3.8, 4) is 0 Å². The Bertz CT molecular complexity index is 1090. The lowest BCUT2D eigenvalue weighted by Crippen LogP contribution is -2.39. The van der Waals surface area contributed by atoms with E-state index in [9.17, 15) is 18.0 Å². The van der Waals surface area contributed by atoms with Crippen LogP contribution in [-0.2, 0) is 30.0 Å². The number of nitrogens with two attached hydrogens (primary N) is 1. The van der Waals surface area contributed by atoms with Gasteiger partial charge in [0.1, 0.15) is 16.2 Å². The Labute approximate surface area is 181 Å². The first-order chi connectivity index (χ1) is 14.2. The lowest BCUT2D eigenvalue weighted by atomic mass is 10.1. The second-order valence-corrected chi connectivity index (χ2v) is 10.1. The molecule has 2 N–H and O–H groups in total. The van der Waals surface area contributed by atoms with Gasteiger partial charge in [0.05, 0.1) is 5.75 Å². The monoisotopic (exact) mass is 457 g/mol. The third-order valence-electron chi connectivity index (χ3n) is 4.71. The molecule has 0 aliphatic rings. The van der Waals surface area contributed by atoms with Crippen LogP contribution >= 0.6 is 11.8 Å². The summed E-state index contributed by atoms with van der Waals surface area (Å²) < 4.78 is 25.0. The number of fused-ring (bicyclic) bond motifs is 1. The number of aryl methyl sites for hydroxylation is 2.